The summed E-state index contributed by atoms with van der Waals surface area (Å²) in [5.41, 5.74) is 1.76. The van der Waals surface area contributed by atoms with Crippen LogP contribution in [0.4, 0.5) is 5.69 Å². The van der Waals surface area contributed by atoms with E-state index in [1.165, 1.54) is 18.2 Å². The summed E-state index contributed by atoms with van der Waals surface area (Å²) in [6, 6.07) is 12.9. The van der Waals surface area contributed by atoms with Gasteiger partial charge in [0, 0.05) is 29.7 Å². The number of nitro groups is 1. The van der Waals surface area contributed by atoms with Crippen molar-refractivity contribution in [3.8, 4) is 5.75 Å². The summed E-state index contributed by atoms with van der Waals surface area (Å²) in [6.07, 6.45) is 0. The van der Waals surface area contributed by atoms with Gasteiger partial charge in [-0.3, -0.25) is 10.1 Å². The van der Waals surface area contributed by atoms with Gasteiger partial charge in [0.1, 0.15) is 17.9 Å². The summed E-state index contributed by atoms with van der Waals surface area (Å²) in [4.78, 5) is 21.6. The maximum atomic E-state index is 11.4. The fourth-order valence-electron chi connectivity index (χ4n) is 2.28. The molecule has 6 heteroatoms. The molecule has 23 heavy (non-hydrogen) atoms. The first kappa shape index (κ1) is 14.8. The summed E-state index contributed by atoms with van der Waals surface area (Å²) in [6.45, 7) is 2.11. The van der Waals surface area contributed by atoms with Gasteiger partial charge in [-0.2, -0.15) is 0 Å². The Kier molecular flexibility index (Phi) is 3.80. The van der Waals surface area contributed by atoms with Crippen molar-refractivity contribution in [2.24, 2.45) is 0 Å². The van der Waals surface area contributed by atoms with Gasteiger partial charge >= 0.3 is 5.63 Å². The number of hydrogen-bond acceptors (Lipinski definition) is 5. The van der Waals surface area contributed by atoms with Crippen LogP contribution >= 0.6 is 0 Å². The van der Waals surface area contributed by atoms with Crippen LogP contribution in [0.25, 0.3) is 11.0 Å². The highest BCUT2D eigenvalue weighted by molar-refractivity contribution is 5.81. The Labute approximate surface area is 131 Å². The van der Waals surface area contributed by atoms with Crippen molar-refractivity contribution in [3.05, 3.63) is 80.2 Å². The van der Waals surface area contributed by atoms with E-state index in [1.807, 2.05) is 13.0 Å². The lowest BCUT2D eigenvalue weighted by Gasteiger charge is -2.07. The number of nitro benzene ring substituents is 1. The Morgan fingerprint density at radius 3 is 2.57 bits per heavy atom. The molecule has 0 saturated carbocycles. The molecule has 0 atom stereocenters. The first-order valence-electron chi connectivity index (χ1n) is 6.93. The van der Waals surface area contributed by atoms with E-state index in [1.54, 1.807) is 24.3 Å². The third-order valence-electron chi connectivity index (χ3n) is 3.48. The number of benzene rings is 2. The molecule has 0 spiro atoms. The van der Waals surface area contributed by atoms with Crippen LogP contribution in [0.1, 0.15) is 11.1 Å². The van der Waals surface area contributed by atoms with Gasteiger partial charge < -0.3 is 9.15 Å². The van der Waals surface area contributed by atoms with E-state index in [0.717, 1.165) is 16.5 Å². The topological polar surface area (TPSA) is 82.6 Å². The molecule has 0 aliphatic carbocycles. The molecule has 2 aromatic carbocycles. The predicted molar refractivity (Wildman–Crippen MR) is 84.6 cm³/mol. The lowest BCUT2D eigenvalue weighted by Crippen LogP contribution is -1.99. The molecule has 3 aromatic rings. The summed E-state index contributed by atoms with van der Waals surface area (Å²) in [5.74, 6) is 0.560. The Morgan fingerprint density at radius 1 is 1.13 bits per heavy atom. The molecular weight excluding hydrogens is 298 g/mol. The normalized spacial score (nSPS) is 10.7. The number of hydrogen-bond donors (Lipinski definition) is 0. The molecular formula is C17H13NO5. The predicted octanol–water partition coefficient (Wildman–Crippen LogP) is 3.59. The molecule has 116 valence electrons. The Balaban J connectivity index is 1.79. The van der Waals surface area contributed by atoms with Crippen molar-refractivity contribution in [2.75, 3.05) is 0 Å². The minimum absolute atomic E-state index is 0.0386. The molecule has 1 heterocycles. The van der Waals surface area contributed by atoms with Gasteiger partial charge in [0.15, 0.2) is 0 Å². The van der Waals surface area contributed by atoms with E-state index in [2.05, 4.69) is 0 Å². The number of fused-ring (bicyclic) bond motifs is 1. The minimum atomic E-state index is -0.446. The van der Waals surface area contributed by atoms with E-state index in [4.69, 9.17) is 9.15 Å². The third kappa shape index (κ3) is 3.21. The van der Waals surface area contributed by atoms with Gasteiger partial charge in [0.05, 0.1) is 4.92 Å². The monoisotopic (exact) mass is 311 g/mol. The number of ether oxygens (including phenoxy) is 1. The summed E-state index contributed by atoms with van der Waals surface area (Å²) < 4.78 is 10.8. The van der Waals surface area contributed by atoms with Crippen LogP contribution in [-0.4, -0.2) is 4.92 Å². The zero-order chi connectivity index (χ0) is 16.4. The lowest BCUT2D eigenvalue weighted by atomic mass is 10.1. The quantitative estimate of drug-likeness (QED) is 0.418. The molecule has 0 radical (unpaired) electrons. The zero-order valence-electron chi connectivity index (χ0n) is 12.3. The first-order valence-corrected chi connectivity index (χ1v) is 6.93. The van der Waals surface area contributed by atoms with E-state index >= 15 is 0 Å². The van der Waals surface area contributed by atoms with Crippen LogP contribution in [0.3, 0.4) is 0 Å². The van der Waals surface area contributed by atoms with Crippen LogP contribution < -0.4 is 10.4 Å². The second kappa shape index (κ2) is 5.92. The maximum absolute atomic E-state index is 11.4. The van der Waals surface area contributed by atoms with Gasteiger partial charge in [-0.05, 0) is 42.3 Å². The molecule has 0 fully saturated rings. The van der Waals surface area contributed by atoms with Crippen LogP contribution in [0, 0.1) is 17.0 Å². The van der Waals surface area contributed by atoms with Crippen LogP contribution in [0.5, 0.6) is 5.75 Å². The average Bonchev–Trinajstić information content (AvgIpc) is 2.52. The second-order valence-corrected chi connectivity index (χ2v) is 5.12. The summed E-state index contributed by atoms with van der Waals surface area (Å²) in [7, 11) is 0. The highest BCUT2D eigenvalue weighted by atomic mass is 16.6. The van der Waals surface area contributed by atoms with E-state index in [0.29, 0.717) is 11.3 Å². The molecule has 6 nitrogen and oxygen atoms in total. The number of nitrogens with zero attached hydrogens (tertiary/aromatic N) is 1. The lowest BCUT2D eigenvalue weighted by molar-refractivity contribution is -0.384. The molecule has 0 unspecified atom stereocenters. The molecule has 0 N–H and O–H groups in total. The van der Waals surface area contributed by atoms with E-state index in [9.17, 15) is 14.9 Å². The average molecular weight is 311 g/mol. The van der Waals surface area contributed by atoms with Crippen molar-refractivity contribution in [1.82, 2.24) is 0 Å². The molecule has 0 aliphatic rings. The zero-order valence-corrected chi connectivity index (χ0v) is 12.3. The molecule has 0 aliphatic heterocycles. The number of non-ortho nitro benzene ring substituents is 1. The third-order valence-corrected chi connectivity index (χ3v) is 3.48. The second-order valence-electron chi connectivity index (χ2n) is 5.12. The highest BCUT2D eigenvalue weighted by Crippen LogP contribution is 2.23. The van der Waals surface area contributed by atoms with E-state index in [-0.39, 0.29) is 12.3 Å². The Hall–Kier alpha value is -3.15. The first-order chi connectivity index (χ1) is 11.0. The summed E-state index contributed by atoms with van der Waals surface area (Å²) >= 11 is 0. The fraction of sp³-hybridized carbons (Fsp3) is 0.118. The Bertz CT molecular complexity index is 928. The summed E-state index contributed by atoms with van der Waals surface area (Å²) in [5, 5.41) is 11.5. The van der Waals surface area contributed by atoms with Crippen LogP contribution in [-0.2, 0) is 6.61 Å². The fourth-order valence-corrected chi connectivity index (χ4v) is 2.28. The minimum Gasteiger partial charge on any atom is -0.489 e. The van der Waals surface area contributed by atoms with Gasteiger partial charge in [-0.15, -0.1) is 0 Å². The van der Waals surface area contributed by atoms with Crippen molar-refractivity contribution >= 4 is 16.7 Å². The van der Waals surface area contributed by atoms with Crippen molar-refractivity contribution in [1.29, 1.82) is 0 Å². The number of rotatable bonds is 4. The Morgan fingerprint density at radius 2 is 1.87 bits per heavy atom. The van der Waals surface area contributed by atoms with Crippen molar-refractivity contribution < 1.29 is 14.1 Å². The van der Waals surface area contributed by atoms with Crippen molar-refractivity contribution in [2.45, 2.75) is 13.5 Å². The molecule has 3 rings (SSSR count). The molecule has 1 aromatic heterocycles. The molecule has 0 saturated heterocycles. The highest BCUT2D eigenvalue weighted by Gasteiger charge is 2.06. The SMILES string of the molecule is Cc1cc(=O)oc2cc(OCc3ccc([N+](=O)[O-])cc3)ccc12. The standard InChI is InChI=1S/C17H13NO5/c1-11-8-17(19)23-16-9-14(6-7-15(11)16)22-10-12-2-4-13(5-3-12)18(20)21/h2-9H,10H2,1H3. The van der Waals surface area contributed by atoms with Gasteiger partial charge in [0.25, 0.3) is 5.69 Å². The van der Waals surface area contributed by atoms with Gasteiger partial charge in [0.2, 0.25) is 0 Å². The largest absolute Gasteiger partial charge is 0.489 e. The molecule has 0 bridgehead atoms. The maximum Gasteiger partial charge on any atom is 0.336 e. The molecule has 0 amide bonds. The smallest absolute Gasteiger partial charge is 0.336 e. The van der Waals surface area contributed by atoms with Crippen molar-refractivity contribution in [3.63, 3.8) is 0 Å². The van der Waals surface area contributed by atoms with Crippen LogP contribution in [0.2, 0.25) is 0 Å². The van der Waals surface area contributed by atoms with Gasteiger partial charge in [-0.25, -0.2) is 4.79 Å². The van der Waals surface area contributed by atoms with Crippen LogP contribution in [0.15, 0.2) is 57.7 Å². The van der Waals surface area contributed by atoms with E-state index < -0.39 is 10.5 Å². The number of aryl methyl sites for hydroxylation is 1. The van der Waals surface area contributed by atoms with Gasteiger partial charge in [-0.1, -0.05) is 0 Å².